The number of benzene rings is 2. The Hall–Kier alpha value is -2.73. The smallest absolute Gasteiger partial charge is 0.318 e. The minimum atomic E-state index is -0.666. The SMILES string of the molecule is CCCOc1c(CNC(=O)N2Cc3ccccc3[C@@H](O)C2)cccc1OC. The van der Waals surface area contributed by atoms with E-state index in [0.717, 1.165) is 23.1 Å². The van der Waals surface area contributed by atoms with Crippen molar-refractivity contribution in [3.8, 4) is 11.5 Å². The molecule has 0 aromatic heterocycles. The zero-order chi connectivity index (χ0) is 19.2. The lowest BCUT2D eigenvalue weighted by molar-refractivity contribution is 0.104. The lowest BCUT2D eigenvalue weighted by Crippen LogP contribution is -2.43. The molecule has 0 spiro atoms. The zero-order valence-electron chi connectivity index (χ0n) is 15.8. The molecule has 2 aromatic rings. The van der Waals surface area contributed by atoms with E-state index in [2.05, 4.69) is 5.32 Å². The summed E-state index contributed by atoms with van der Waals surface area (Å²) in [6, 6.07) is 13.1. The van der Waals surface area contributed by atoms with Crippen molar-refractivity contribution in [3.63, 3.8) is 0 Å². The Labute approximate surface area is 159 Å². The number of urea groups is 1. The summed E-state index contributed by atoms with van der Waals surface area (Å²) in [5.41, 5.74) is 2.72. The van der Waals surface area contributed by atoms with Crippen molar-refractivity contribution >= 4 is 6.03 Å². The molecule has 0 saturated heterocycles. The number of fused-ring (bicyclic) bond motifs is 1. The molecule has 2 amide bonds. The molecule has 27 heavy (non-hydrogen) atoms. The number of methoxy groups -OCH3 is 1. The highest BCUT2D eigenvalue weighted by Crippen LogP contribution is 2.31. The minimum Gasteiger partial charge on any atom is -0.493 e. The second-order valence-electron chi connectivity index (χ2n) is 6.55. The maximum atomic E-state index is 12.6. The van der Waals surface area contributed by atoms with Crippen LogP contribution in [0, 0.1) is 0 Å². The number of aliphatic hydroxyl groups excluding tert-OH is 1. The third-order valence-corrected chi connectivity index (χ3v) is 4.62. The van der Waals surface area contributed by atoms with Crippen LogP contribution >= 0.6 is 0 Å². The molecule has 0 unspecified atom stereocenters. The summed E-state index contributed by atoms with van der Waals surface area (Å²) < 4.78 is 11.2. The summed E-state index contributed by atoms with van der Waals surface area (Å²) in [5.74, 6) is 1.31. The standard InChI is InChI=1S/C21H26N2O4/c1-3-11-27-20-15(8-6-10-19(20)26-2)12-22-21(25)23-13-16-7-4-5-9-17(16)18(24)14-23/h4-10,18,24H,3,11-14H2,1-2H3,(H,22,25)/t18-/m0/s1. The summed E-state index contributed by atoms with van der Waals surface area (Å²) in [5, 5.41) is 13.2. The average molecular weight is 370 g/mol. The number of β-amino-alcohol motifs (C(OH)–C–C–N with tert-alkyl or cyclic N) is 1. The average Bonchev–Trinajstić information content (AvgIpc) is 2.70. The van der Waals surface area contributed by atoms with Crippen LogP contribution in [0.5, 0.6) is 11.5 Å². The maximum Gasteiger partial charge on any atom is 0.318 e. The number of para-hydroxylation sites is 1. The van der Waals surface area contributed by atoms with Crippen molar-refractivity contribution < 1.29 is 19.4 Å². The fraction of sp³-hybridized carbons (Fsp3) is 0.381. The van der Waals surface area contributed by atoms with E-state index in [1.54, 1.807) is 12.0 Å². The molecular weight excluding hydrogens is 344 g/mol. The molecule has 144 valence electrons. The highest BCUT2D eigenvalue weighted by molar-refractivity contribution is 5.75. The van der Waals surface area contributed by atoms with Gasteiger partial charge in [0.25, 0.3) is 0 Å². The zero-order valence-corrected chi connectivity index (χ0v) is 15.8. The normalized spacial score (nSPS) is 15.8. The predicted molar refractivity (Wildman–Crippen MR) is 103 cm³/mol. The van der Waals surface area contributed by atoms with Gasteiger partial charge in [-0.1, -0.05) is 43.3 Å². The van der Waals surface area contributed by atoms with E-state index in [1.807, 2.05) is 49.4 Å². The van der Waals surface area contributed by atoms with E-state index in [1.165, 1.54) is 0 Å². The van der Waals surface area contributed by atoms with Gasteiger partial charge in [0.2, 0.25) is 0 Å². The van der Waals surface area contributed by atoms with Crippen molar-refractivity contribution in [2.24, 2.45) is 0 Å². The van der Waals surface area contributed by atoms with Gasteiger partial charge in [-0.25, -0.2) is 4.79 Å². The van der Waals surface area contributed by atoms with E-state index in [9.17, 15) is 9.90 Å². The fourth-order valence-electron chi connectivity index (χ4n) is 3.25. The van der Waals surface area contributed by atoms with Gasteiger partial charge in [0.1, 0.15) is 0 Å². The number of nitrogens with zero attached hydrogens (tertiary/aromatic N) is 1. The second-order valence-corrected chi connectivity index (χ2v) is 6.55. The van der Waals surface area contributed by atoms with Crippen LogP contribution < -0.4 is 14.8 Å². The van der Waals surface area contributed by atoms with Gasteiger partial charge in [0.15, 0.2) is 11.5 Å². The molecule has 6 nitrogen and oxygen atoms in total. The van der Waals surface area contributed by atoms with Crippen molar-refractivity contribution in [2.75, 3.05) is 20.3 Å². The Morgan fingerprint density at radius 2 is 2.07 bits per heavy atom. The fourth-order valence-corrected chi connectivity index (χ4v) is 3.25. The maximum absolute atomic E-state index is 12.6. The highest BCUT2D eigenvalue weighted by Gasteiger charge is 2.26. The highest BCUT2D eigenvalue weighted by atomic mass is 16.5. The van der Waals surface area contributed by atoms with Crippen LogP contribution in [-0.4, -0.2) is 36.3 Å². The largest absolute Gasteiger partial charge is 0.493 e. The Morgan fingerprint density at radius 3 is 2.85 bits per heavy atom. The van der Waals surface area contributed by atoms with Crippen LogP contribution in [0.4, 0.5) is 4.79 Å². The molecule has 2 aromatic carbocycles. The quantitative estimate of drug-likeness (QED) is 0.819. The number of amides is 2. The van der Waals surface area contributed by atoms with Crippen LogP contribution in [0.15, 0.2) is 42.5 Å². The topological polar surface area (TPSA) is 71.0 Å². The Kier molecular flexibility index (Phi) is 6.19. The third-order valence-electron chi connectivity index (χ3n) is 4.62. The first-order valence-corrected chi connectivity index (χ1v) is 9.21. The summed E-state index contributed by atoms with van der Waals surface area (Å²) in [6.45, 7) is 3.70. The molecule has 2 N–H and O–H groups in total. The number of nitrogens with one attached hydrogen (secondary N) is 1. The molecule has 0 radical (unpaired) electrons. The number of hydrogen-bond acceptors (Lipinski definition) is 4. The molecule has 1 aliphatic heterocycles. The van der Waals surface area contributed by atoms with Gasteiger partial charge < -0.3 is 24.8 Å². The molecular formula is C21H26N2O4. The van der Waals surface area contributed by atoms with E-state index in [-0.39, 0.29) is 12.6 Å². The minimum absolute atomic E-state index is 0.215. The Morgan fingerprint density at radius 1 is 1.26 bits per heavy atom. The Balaban J connectivity index is 1.68. The van der Waals surface area contributed by atoms with Crippen molar-refractivity contribution in [2.45, 2.75) is 32.5 Å². The molecule has 6 heteroatoms. The van der Waals surface area contributed by atoms with E-state index in [0.29, 0.717) is 31.2 Å². The van der Waals surface area contributed by atoms with Gasteiger partial charge in [-0.2, -0.15) is 0 Å². The number of rotatable bonds is 6. The third kappa shape index (κ3) is 4.34. The van der Waals surface area contributed by atoms with Crippen LogP contribution in [0.2, 0.25) is 0 Å². The van der Waals surface area contributed by atoms with Gasteiger partial charge in [-0.05, 0) is 23.6 Å². The number of carbonyl (C=O) groups excluding carboxylic acids is 1. The molecule has 0 bridgehead atoms. The lowest BCUT2D eigenvalue weighted by Gasteiger charge is -2.32. The van der Waals surface area contributed by atoms with Gasteiger partial charge >= 0.3 is 6.03 Å². The van der Waals surface area contributed by atoms with Gasteiger partial charge in [0, 0.05) is 18.7 Å². The lowest BCUT2D eigenvalue weighted by atomic mass is 9.98. The number of hydrogen-bond donors (Lipinski definition) is 2. The van der Waals surface area contributed by atoms with E-state index >= 15 is 0 Å². The van der Waals surface area contributed by atoms with Gasteiger partial charge in [0.05, 0.1) is 26.4 Å². The summed E-state index contributed by atoms with van der Waals surface area (Å²) in [7, 11) is 1.60. The number of carbonyl (C=O) groups is 1. The van der Waals surface area contributed by atoms with Crippen molar-refractivity contribution in [1.29, 1.82) is 0 Å². The van der Waals surface area contributed by atoms with E-state index < -0.39 is 6.10 Å². The monoisotopic (exact) mass is 370 g/mol. The van der Waals surface area contributed by atoms with Crippen LogP contribution in [0.25, 0.3) is 0 Å². The molecule has 3 rings (SSSR count). The number of ether oxygens (including phenoxy) is 2. The summed E-state index contributed by atoms with van der Waals surface area (Å²) >= 11 is 0. The van der Waals surface area contributed by atoms with Crippen LogP contribution in [0.3, 0.4) is 0 Å². The van der Waals surface area contributed by atoms with Gasteiger partial charge in [-0.3, -0.25) is 0 Å². The molecule has 1 aliphatic rings. The predicted octanol–water partition coefficient (Wildman–Crippen LogP) is 3.24. The first-order valence-electron chi connectivity index (χ1n) is 9.21. The van der Waals surface area contributed by atoms with Crippen LogP contribution in [0.1, 0.15) is 36.1 Å². The Bertz CT molecular complexity index is 794. The first kappa shape index (κ1) is 19.0. The molecule has 1 heterocycles. The molecule has 0 aliphatic carbocycles. The van der Waals surface area contributed by atoms with Crippen molar-refractivity contribution in [3.05, 3.63) is 59.2 Å². The van der Waals surface area contributed by atoms with E-state index in [4.69, 9.17) is 9.47 Å². The molecule has 1 atom stereocenters. The molecule has 0 fully saturated rings. The number of aliphatic hydroxyl groups is 1. The summed E-state index contributed by atoms with van der Waals surface area (Å²) in [4.78, 5) is 14.3. The van der Waals surface area contributed by atoms with Crippen molar-refractivity contribution in [1.82, 2.24) is 10.2 Å². The second kappa shape index (κ2) is 8.77. The van der Waals surface area contributed by atoms with Crippen LogP contribution in [-0.2, 0) is 13.1 Å². The summed E-state index contributed by atoms with van der Waals surface area (Å²) in [6.07, 6.45) is 0.218. The molecule has 0 saturated carbocycles. The first-order chi connectivity index (χ1) is 13.1. The van der Waals surface area contributed by atoms with Gasteiger partial charge in [-0.15, -0.1) is 0 Å².